The Balaban J connectivity index is 1.74. The van der Waals surface area contributed by atoms with Crippen LogP contribution in [0.25, 0.3) is 0 Å². The second-order valence-corrected chi connectivity index (χ2v) is 10.9. The topological polar surface area (TPSA) is 59.9 Å². The Morgan fingerprint density at radius 2 is 1.89 bits per heavy atom. The number of fused-ring (bicyclic) bond motifs is 1. The predicted octanol–water partition coefficient (Wildman–Crippen LogP) is 2.70. The van der Waals surface area contributed by atoms with Crippen molar-refractivity contribution in [1.82, 2.24) is 5.32 Å². The molecular formula is C21H31N3O2S. The predicted molar refractivity (Wildman–Crippen MR) is 112 cm³/mol. The molecule has 2 heterocycles. The van der Waals surface area contributed by atoms with Gasteiger partial charge in [0.05, 0.1) is 13.2 Å². The van der Waals surface area contributed by atoms with E-state index in [4.69, 9.17) is 9.13 Å². The van der Waals surface area contributed by atoms with Gasteiger partial charge in [0.15, 0.2) is 0 Å². The summed E-state index contributed by atoms with van der Waals surface area (Å²) in [6.07, 6.45) is 3.15. The number of nitrogens with zero attached hydrogens (tertiary/aromatic N) is 2. The summed E-state index contributed by atoms with van der Waals surface area (Å²) < 4.78 is 23.0. The van der Waals surface area contributed by atoms with E-state index in [9.17, 15) is 4.55 Å². The molecule has 1 aromatic carbocycles. The molecule has 0 saturated carbocycles. The van der Waals surface area contributed by atoms with Crippen LogP contribution in [0.3, 0.4) is 0 Å². The van der Waals surface area contributed by atoms with E-state index in [0.29, 0.717) is 0 Å². The average Bonchev–Trinajstić information content (AvgIpc) is 2.94. The van der Waals surface area contributed by atoms with Crippen molar-refractivity contribution in [2.75, 3.05) is 44.3 Å². The van der Waals surface area contributed by atoms with E-state index in [0.717, 1.165) is 64.4 Å². The summed E-state index contributed by atoms with van der Waals surface area (Å²) in [6, 6.07) is 6.80. The molecule has 2 aliphatic heterocycles. The molecule has 148 valence electrons. The van der Waals surface area contributed by atoms with Gasteiger partial charge in [-0.1, -0.05) is 10.5 Å². The number of anilines is 1. The maximum absolute atomic E-state index is 12.9. The minimum Gasteiger partial charge on any atom is -0.591 e. The summed E-state index contributed by atoms with van der Waals surface area (Å²) in [5, 5.41) is 3.48. The molecule has 1 N–H and O–H groups in total. The average molecular weight is 390 g/mol. The van der Waals surface area contributed by atoms with Crippen LogP contribution in [0.5, 0.6) is 0 Å². The molecule has 5 nitrogen and oxygen atoms in total. The number of morpholine rings is 1. The maximum atomic E-state index is 12.9. The summed E-state index contributed by atoms with van der Waals surface area (Å²) in [7, 11) is 0. The zero-order valence-electron chi connectivity index (χ0n) is 16.7. The lowest BCUT2D eigenvalue weighted by molar-refractivity contribution is 0.122. The van der Waals surface area contributed by atoms with Crippen LogP contribution in [-0.2, 0) is 22.5 Å². The third-order valence-electron chi connectivity index (χ3n) is 6.01. The molecule has 6 heteroatoms. The molecule has 0 unspecified atom stereocenters. The zero-order valence-corrected chi connectivity index (χ0v) is 17.5. The standard InChI is InChI=1S/C21H31N3O2S/c1-20(2,3)27(25)23-19-18-14-17(24-10-12-26-13-11-24)5-4-16(18)15-21(19)6-8-22-9-7-21/h4-5,14,22H,6-13,15H2,1-3H3/t27-/m1/s1. The molecule has 2 fully saturated rings. The lowest BCUT2D eigenvalue weighted by Gasteiger charge is -2.34. The second-order valence-electron chi connectivity index (χ2n) is 8.95. The zero-order chi connectivity index (χ0) is 19.1. The van der Waals surface area contributed by atoms with E-state index in [1.54, 1.807) is 0 Å². The molecule has 0 amide bonds. The number of ether oxygens (including phenoxy) is 1. The Morgan fingerprint density at radius 1 is 1.19 bits per heavy atom. The van der Waals surface area contributed by atoms with Gasteiger partial charge in [0, 0.05) is 29.8 Å². The van der Waals surface area contributed by atoms with E-state index >= 15 is 0 Å². The number of piperidine rings is 1. The molecule has 3 aliphatic rings. The van der Waals surface area contributed by atoms with Gasteiger partial charge < -0.3 is 19.5 Å². The van der Waals surface area contributed by atoms with Gasteiger partial charge in [-0.05, 0) is 70.8 Å². The summed E-state index contributed by atoms with van der Waals surface area (Å²) in [6.45, 7) is 11.4. The van der Waals surface area contributed by atoms with E-state index < -0.39 is 11.4 Å². The van der Waals surface area contributed by atoms with Gasteiger partial charge >= 0.3 is 0 Å². The highest BCUT2D eigenvalue weighted by atomic mass is 32.2. The first kappa shape index (κ1) is 19.2. The summed E-state index contributed by atoms with van der Waals surface area (Å²) in [4.78, 5) is 2.38. The van der Waals surface area contributed by atoms with Crippen molar-refractivity contribution in [3.05, 3.63) is 29.3 Å². The minimum atomic E-state index is -1.24. The molecule has 1 atom stereocenters. The van der Waals surface area contributed by atoms with Gasteiger partial charge in [-0.2, -0.15) is 0 Å². The molecule has 0 radical (unpaired) electrons. The van der Waals surface area contributed by atoms with Gasteiger partial charge in [0.2, 0.25) is 0 Å². The van der Waals surface area contributed by atoms with Crippen molar-refractivity contribution in [2.24, 2.45) is 9.81 Å². The molecule has 1 spiro atoms. The molecule has 0 bridgehead atoms. The highest BCUT2D eigenvalue weighted by molar-refractivity contribution is 7.91. The normalized spacial score (nSPS) is 25.0. The second kappa shape index (κ2) is 7.39. The molecule has 1 aromatic rings. The third-order valence-corrected chi connectivity index (χ3v) is 7.41. The van der Waals surface area contributed by atoms with Crippen LogP contribution in [0, 0.1) is 5.41 Å². The van der Waals surface area contributed by atoms with Crippen molar-refractivity contribution in [3.63, 3.8) is 0 Å². The van der Waals surface area contributed by atoms with E-state index in [2.05, 4.69) is 28.4 Å². The SMILES string of the molecule is CC(C)(C)[S@@+]([O-])N=C1c2cc(N3CCOCC3)ccc2CC12CCNCC2. The fourth-order valence-electron chi connectivity index (χ4n) is 4.38. The van der Waals surface area contributed by atoms with Crippen LogP contribution in [0.15, 0.2) is 22.6 Å². The number of rotatable bonds is 2. The first-order valence-corrected chi connectivity index (χ1v) is 11.2. The van der Waals surface area contributed by atoms with Crippen LogP contribution < -0.4 is 10.2 Å². The Morgan fingerprint density at radius 3 is 2.56 bits per heavy atom. The smallest absolute Gasteiger partial charge is 0.144 e. The van der Waals surface area contributed by atoms with Crippen molar-refractivity contribution in [2.45, 2.75) is 44.8 Å². The summed E-state index contributed by atoms with van der Waals surface area (Å²) in [5.41, 5.74) is 4.94. The number of hydrogen-bond donors (Lipinski definition) is 1. The third kappa shape index (κ3) is 3.77. The summed E-state index contributed by atoms with van der Waals surface area (Å²) >= 11 is -1.24. The van der Waals surface area contributed by atoms with Crippen LogP contribution in [0.1, 0.15) is 44.7 Å². The molecule has 27 heavy (non-hydrogen) atoms. The lowest BCUT2D eigenvalue weighted by atomic mass is 9.75. The number of hydrogen-bond acceptors (Lipinski definition) is 5. The van der Waals surface area contributed by atoms with Gasteiger partial charge in [0.1, 0.15) is 21.8 Å². The van der Waals surface area contributed by atoms with Crippen LogP contribution >= 0.6 is 0 Å². The molecule has 0 aromatic heterocycles. The minimum absolute atomic E-state index is 0.0398. The van der Waals surface area contributed by atoms with E-state index in [-0.39, 0.29) is 10.2 Å². The number of nitrogens with one attached hydrogen (secondary N) is 1. The van der Waals surface area contributed by atoms with Crippen LogP contribution in [-0.4, -0.2) is 54.4 Å². The first-order chi connectivity index (χ1) is 12.9. The lowest BCUT2D eigenvalue weighted by Crippen LogP contribution is -2.42. The quantitative estimate of drug-likeness (QED) is 0.790. The van der Waals surface area contributed by atoms with Crippen LogP contribution in [0.2, 0.25) is 0 Å². The molecule has 4 rings (SSSR count). The maximum Gasteiger partial charge on any atom is 0.144 e. The molecular weight excluding hydrogens is 358 g/mol. The van der Waals surface area contributed by atoms with Crippen molar-refractivity contribution in [3.8, 4) is 0 Å². The Labute approximate surface area is 165 Å². The Bertz CT molecular complexity index is 717. The Hall–Kier alpha value is -1.08. The molecule has 1 aliphatic carbocycles. The summed E-state index contributed by atoms with van der Waals surface area (Å²) in [5.74, 6) is 0. The van der Waals surface area contributed by atoms with Crippen molar-refractivity contribution in [1.29, 1.82) is 0 Å². The van der Waals surface area contributed by atoms with Gasteiger partial charge in [-0.15, -0.1) is 0 Å². The van der Waals surface area contributed by atoms with Gasteiger partial charge in [-0.25, -0.2) is 0 Å². The highest BCUT2D eigenvalue weighted by Gasteiger charge is 2.46. The van der Waals surface area contributed by atoms with E-state index in [1.165, 1.54) is 16.8 Å². The van der Waals surface area contributed by atoms with Gasteiger partial charge in [0.25, 0.3) is 0 Å². The van der Waals surface area contributed by atoms with Crippen molar-refractivity contribution < 1.29 is 9.29 Å². The highest BCUT2D eigenvalue weighted by Crippen LogP contribution is 2.45. The number of benzene rings is 1. The fourth-order valence-corrected chi connectivity index (χ4v) is 5.11. The molecule has 2 saturated heterocycles. The largest absolute Gasteiger partial charge is 0.591 e. The van der Waals surface area contributed by atoms with E-state index in [1.807, 2.05) is 20.8 Å². The monoisotopic (exact) mass is 389 g/mol. The van der Waals surface area contributed by atoms with Crippen molar-refractivity contribution >= 4 is 22.8 Å². The Kier molecular flexibility index (Phi) is 5.27. The van der Waals surface area contributed by atoms with Gasteiger partial charge in [-0.3, -0.25) is 0 Å². The van der Waals surface area contributed by atoms with Crippen LogP contribution in [0.4, 0.5) is 5.69 Å². The first-order valence-electron chi connectivity index (χ1n) is 10.1. The fraction of sp³-hybridized carbons (Fsp3) is 0.667.